The highest BCUT2D eigenvalue weighted by Gasteiger charge is 2.13. The lowest BCUT2D eigenvalue weighted by atomic mass is 10.3. The van der Waals surface area contributed by atoms with E-state index in [1.807, 2.05) is 17.8 Å². The Labute approximate surface area is 99.9 Å². The molecule has 1 heterocycles. The zero-order chi connectivity index (χ0) is 11.8. The summed E-state index contributed by atoms with van der Waals surface area (Å²) < 4.78 is 5.09. The minimum Gasteiger partial charge on any atom is -0.459 e. The molecule has 0 bridgehead atoms. The average Bonchev–Trinajstić information content (AvgIpc) is 2.76. The first-order valence-electron chi connectivity index (χ1n) is 5.44. The van der Waals surface area contributed by atoms with Crippen LogP contribution in [0.4, 0.5) is 0 Å². The second kappa shape index (κ2) is 7.35. The van der Waals surface area contributed by atoms with Crippen LogP contribution in [0.3, 0.4) is 0 Å². The number of nitrogen functional groups attached to an aromatic ring is 1. The minimum atomic E-state index is -0.367. The van der Waals surface area contributed by atoms with Crippen molar-refractivity contribution in [2.45, 2.75) is 31.9 Å². The van der Waals surface area contributed by atoms with E-state index >= 15 is 0 Å². The lowest BCUT2D eigenvalue weighted by molar-refractivity contribution is 0.0925. The number of thioether (sulfide) groups is 1. The van der Waals surface area contributed by atoms with Crippen LogP contribution in [0.1, 0.15) is 42.3 Å². The van der Waals surface area contributed by atoms with Gasteiger partial charge in [0.1, 0.15) is 0 Å². The summed E-state index contributed by atoms with van der Waals surface area (Å²) in [5, 5.41) is 0. The van der Waals surface area contributed by atoms with Gasteiger partial charge in [-0.05, 0) is 18.2 Å². The van der Waals surface area contributed by atoms with Crippen molar-refractivity contribution >= 4 is 17.7 Å². The molecule has 5 heteroatoms. The maximum atomic E-state index is 11.3. The molecule has 0 aliphatic rings. The van der Waals surface area contributed by atoms with Crippen molar-refractivity contribution in [3.05, 3.63) is 23.7 Å². The van der Waals surface area contributed by atoms with Gasteiger partial charge < -0.3 is 4.42 Å². The van der Waals surface area contributed by atoms with Gasteiger partial charge in [0.05, 0.1) is 6.26 Å². The predicted molar refractivity (Wildman–Crippen MR) is 66.0 cm³/mol. The summed E-state index contributed by atoms with van der Waals surface area (Å²) in [5.74, 6) is 6.93. The summed E-state index contributed by atoms with van der Waals surface area (Å²) >= 11 is 1.81. The minimum absolute atomic E-state index is 0.325. The van der Waals surface area contributed by atoms with E-state index < -0.39 is 0 Å². The monoisotopic (exact) mass is 242 g/mol. The Balaban J connectivity index is 2.36. The van der Waals surface area contributed by atoms with E-state index in [0.717, 1.165) is 17.1 Å². The number of amides is 1. The van der Waals surface area contributed by atoms with Crippen molar-refractivity contribution < 1.29 is 9.21 Å². The normalized spacial score (nSPS) is 10.4. The summed E-state index contributed by atoms with van der Waals surface area (Å²) in [6, 6.07) is 1.82. The fourth-order valence-electron chi connectivity index (χ4n) is 1.35. The van der Waals surface area contributed by atoms with Gasteiger partial charge in [-0.25, -0.2) is 5.84 Å². The molecule has 0 unspecified atom stereocenters. The van der Waals surface area contributed by atoms with E-state index in [1.165, 1.54) is 25.5 Å². The molecule has 0 fully saturated rings. The molecule has 1 aromatic heterocycles. The highest BCUT2D eigenvalue weighted by atomic mass is 32.2. The maximum absolute atomic E-state index is 11.3. The Morgan fingerprint density at radius 3 is 3.06 bits per heavy atom. The van der Waals surface area contributed by atoms with E-state index in [0.29, 0.717) is 5.76 Å². The molecule has 3 N–H and O–H groups in total. The van der Waals surface area contributed by atoms with Gasteiger partial charge in [-0.3, -0.25) is 10.2 Å². The fraction of sp³-hybridized carbons (Fsp3) is 0.545. The van der Waals surface area contributed by atoms with Gasteiger partial charge in [0.25, 0.3) is 0 Å². The SMILES string of the molecule is CCCCCSCc1ccoc1C(=O)NN. The molecule has 1 aromatic rings. The van der Waals surface area contributed by atoms with Gasteiger partial charge in [0.2, 0.25) is 0 Å². The van der Waals surface area contributed by atoms with Crippen LogP contribution >= 0.6 is 11.8 Å². The smallest absolute Gasteiger partial charge is 0.301 e. The van der Waals surface area contributed by atoms with Crippen molar-refractivity contribution in [2.24, 2.45) is 5.84 Å². The van der Waals surface area contributed by atoms with Gasteiger partial charge in [-0.15, -0.1) is 0 Å². The van der Waals surface area contributed by atoms with Crippen LogP contribution in [0.15, 0.2) is 16.7 Å². The number of carbonyl (C=O) groups excluding carboxylic acids is 1. The van der Waals surface area contributed by atoms with Crippen LogP contribution in [0, 0.1) is 0 Å². The van der Waals surface area contributed by atoms with Crippen molar-refractivity contribution in [3.63, 3.8) is 0 Å². The Kier molecular flexibility index (Phi) is 6.03. The number of hydrazine groups is 1. The third kappa shape index (κ3) is 3.90. The van der Waals surface area contributed by atoms with E-state index in [2.05, 4.69) is 12.3 Å². The van der Waals surface area contributed by atoms with E-state index in [-0.39, 0.29) is 5.91 Å². The number of rotatable bonds is 7. The standard InChI is InChI=1S/C11H18N2O2S/c1-2-3-4-7-16-8-9-5-6-15-10(9)11(14)13-12/h5-6H,2-4,7-8,12H2,1H3,(H,13,14). The summed E-state index contributed by atoms with van der Waals surface area (Å²) in [6.07, 6.45) is 5.23. The van der Waals surface area contributed by atoms with Crippen molar-refractivity contribution in [3.8, 4) is 0 Å². The van der Waals surface area contributed by atoms with Gasteiger partial charge >= 0.3 is 5.91 Å². The summed E-state index contributed by atoms with van der Waals surface area (Å²) in [4.78, 5) is 11.3. The molecule has 1 rings (SSSR count). The molecule has 0 aliphatic heterocycles. The zero-order valence-corrected chi connectivity index (χ0v) is 10.3. The van der Waals surface area contributed by atoms with Gasteiger partial charge in [-0.1, -0.05) is 19.8 Å². The number of carbonyl (C=O) groups is 1. The van der Waals surface area contributed by atoms with Crippen LogP contribution in [0.25, 0.3) is 0 Å². The highest BCUT2D eigenvalue weighted by Crippen LogP contribution is 2.18. The van der Waals surface area contributed by atoms with Crippen LogP contribution in [-0.4, -0.2) is 11.7 Å². The first-order chi connectivity index (χ1) is 7.79. The molecule has 0 atom stereocenters. The van der Waals surface area contributed by atoms with Gasteiger partial charge in [-0.2, -0.15) is 11.8 Å². The molecule has 0 spiro atoms. The second-order valence-electron chi connectivity index (χ2n) is 3.51. The zero-order valence-electron chi connectivity index (χ0n) is 9.49. The average molecular weight is 242 g/mol. The lowest BCUT2D eigenvalue weighted by Crippen LogP contribution is -2.30. The molecular weight excluding hydrogens is 224 g/mol. The number of furan rings is 1. The van der Waals surface area contributed by atoms with Gasteiger partial charge in [0, 0.05) is 11.3 Å². The molecule has 90 valence electrons. The number of hydrogen-bond donors (Lipinski definition) is 2. The third-order valence-electron chi connectivity index (χ3n) is 2.23. The van der Waals surface area contributed by atoms with Gasteiger partial charge in [0.15, 0.2) is 5.76 Å². The van der Waals surface area contributed by atoms with Crippen molar-refractivity contribution in [1.29, 1.82) is 0 Å². The number of unbranched alkanes of at least 4 members (excludes halogenated alkanes) is 2. The Bertz CT molecular complexity index is 326. The van der Waals surface area contributed by atoms with Crippen LogP contribution in [0.5, 0.6) is 0 Å². The Morgan fingerprint density at radius 1 is 1.56 bits per heavy atom. The molecule has 0 aromatic carbocycles. The number of nitrogens with one attached hydrogen (secondary N) is 1. The van der Waals surface area contributed by atoms with Crippen LogP contribution in [-0.2, 0) is 5.75 Å². The fourth-order valence-corrected chi connectivity index (χ4v) is 2.35. The largest absolute Gasteiger partial charge is 0.459 e. The Hall–Kier alpha value is -0.940. The molecule has 1 amide bonds. The molecule has 0 aliphatic carbocycles. The number of hydrogen-bond acceptors (Lipinski definition) is 4. The predicted octanol–water partition coefficient (Wildman–Crippen LogP) is 2.31. The van der Waals surface area contributed by atoms with Crippen molar-refractivity contribution in [2.75, 3.05) is 5.75 Å². The first-order valence-corrected chi connectivity index (χ1v) is 6.60. The molecule has 0 saturated carbocycles. The number of nitrogens with two attached hydrogens (primary N) is 1. The van der Waals surface area contributed by atoms with Crippen molar-refractivity contribution in [1.82, 2.24) is 5.43 Å². The molecule has 16 heavy (non-hydrogen) atoms. The molecular formula is C11H18N2O2S. The topological polar surface area (TPSA) is 68.3 Å². The third-order valence-corrected chi connectivity index (χ3v) is 3.33. The highest BCUT2D eigenvalue weighted by molar-refractivity contribution is 7.98. The molecule has 4 nitrogen and oxygen atoms in total. The quantitative estimate of drug-likeness (QED) is 0.333. The maximum Gasteiger partial charge on any atom is 0.301 e. The Morgan fingerprint density at radius 2 is 2.38 bits per heavy atom. The first kappa shape index (κ1) is 13.1. The lowest BCUT2D eigenvalue weighted by Gasteiger charge is -2.01. The summed E-state index contributed by atoms with van der Waals surface area (Å²) in [7, 11) is 0. The molecule has 0 saturated heterocycles. The second-order valence-corrected chi connectivity index (χ2v) is 4.61. The van der Waals surface area contributed by atoms with Crippen LogP contribution in [0.2, 0.25) is 0 Å². The van der Waals surface area contributed by atoms with E-state index in [1.54, 1.807) is 0 Å². The molecule has 0 radical (unpaired) electrons. The summed E-state index contributed by atoms with van der Waals surface area (Å²) in [5.41, 5.74) is 2.98. The van der Waals surface area contributed by atoms with Crippen LogP contribution < -0.4 is 11.3 Å². The summed E-state index contributed by atoms with van der Waals surface area (Å²) in [6.45, 7) is 2.18. The van der Waals surface area contributed by atoms with E-state index in [9.17, 15) is 4.79 Å². The van der Waals surface area contributed by atoms with E-state index in [4.69, 9.17) is 10.3 Å².